The van der Waals surface area contributed by atoms with Crippen molar-refractivity contribution in [1.82, 2.24) is 15.3 Å². The van der Waals surface area contributed by atoms with Crippen molar-refractivity contribution in [1.29, 1.82) is 0 Å². The molecule has 0 saturated carbocycles. The van der Waals surface area contributed by atoms with Crippen LogP contribution in [0, 0.1) is 5.41 Å². The number of nitrogens with zero attached hydrogens (tertiary/aromatic N) is 1. The van der Waals surface area contributed by atoms with E-state index in [1.165, 1.54) is 0 Å². The molecular weight excluding hydrogens is 230 g/mol. The number of carboxylic acids is 1. The maximum Gasteiger partial charge on any atom is 0.327 e. The average Bonchev–Trinajstić information content (AvgIpc) is 2.67. The minimum atomic E-state index is -0.881. The van der Waals surface area contributed by atoms with Gasteiger partial charge >= 0.3 is 5.97 Å². The maximum atomic E-state index is 11.1. The van der Waals surface area contributed by atoms with E-state index in [1.807, 2.05) is 6.08 Å². The van der Waals surface area contributed by atoms with Gasteiger partial charge in [0, 0.05) is 18.7 Å². The van der Waals surface area contributed by atoms with Gasteiger partial charge in [0.15, 0.2) is 6.04 Å². The van der Waals surface area contributed by atoms with E-state index in [4.69, 9.17) is 5.11 Å². The molecule has 98 valence electrons. The first-order valence-electron chi connectivity index (χ1n) is 6.11. The van der Waals surface area contributed by atoms with Crippen LogP contribution in [-0.2, 0) is 11.2 Å². The zero-order valence-corrected chi connectivity index (χ0v) is 10.9. The van der Waals surface area contributed by atoms with Gasteiger partial charge in [0.1, 0.15) is 5.82 Å². The third-order valence-corrected chi connectivity index (χ3v) is 2.81. The van der Waals surface area contributed by atoms with Gasteiger partial charge < -0.3 is 10.1 Å². The number of aliphatic carboxylic acids is 1. The number of rotatable bonds is 2. The van der Waals surface area contributed by atoms with Crippen LogP contribution in [0.5, 0.6) is 0 Å². The lowest BCUT2D eigenvalue weighted by Gasteiger charge is -2.18. The van der Waals surface area contributed by atoms with Crippen LogP contribution in [0.25, 0.3) is 6.08 Å². The normalized spacial score (nSPS) is 20.1. The number of fused-ring (bicyclic) bond motifs is 1. The van der Waals surface area contributed by atoms with E-state index in [-0.39, 0.29) is 5.41 Å². The Kier molecular flexibility index (Phi) is 3.26. The van der Waals surface area contributed by atoms with Crippen LogP contribution in [0.15, 0.2) is 6.08 Å². The number of aromatic nitrogens is 2. The molecule has 0 aromatic carbocycles. The summed E-state index contributed by atoms with van der Waals surface area (Å²) in [6.45, 7) is 6.98. The van der Waals surface area contributed by atoms with Gasteiger partial charge in [0.25, 0.3) is 0 Å². The largest absolute Gasteiger partial charge is 0.480 e. The van der Waals surface area contributed by atoms with Crippen molar-refractivity contribution in [3.05, 3.63) is 23.3 Å². The van der Waals surface area contributed by atoms with Crippen LogP contribution < -0.4 is 5.32 Å². The van der Waals surface area contributed by atoms with Crippen LogP contribution in [0.1, 0.15) is 44.0 Å². The fourth-order valence-electron chi connectivity index (χ4n) is 1.92. The Balaban J connectivity index is 2.27. The zero-order chi connectivity index (χ0) is 13.3. The molecule has 1 aromatic rings. The molecule has 0 amide bonds. The lowest BCUT2D eigenvalue weighted by atomic mass is 9.96. The van der Waals surface area contributed by atoms with Gasteiger partial charge in [-0.3, -0.25) is 10.1 Å². The number of nitrogens with one attached hydrogen (secondary N) is 2. The third-order valence-electron chi connectivity index (χ3n) is 2.81. The summed E-state index contributed by atoms with van der Waals surface area (Å²) in [7, 11) is 0. The summed E-state index contributed by atoms with van der Waals surface area (Å²) in [6, 6.07) is -0.693. The van der Waals surface area contributed by atoms with Crippen molar-refractivity contribution in [2.24, 2.45) is 5.41 Å². The average molecular weight is 249 g/mol. The monoisotopic (exact) mass is 249 g/mol. The minimum absolute atomic E-state index is 0.0811. The first-order chi connectivity index (χ1) is 8.37. The molecule has 1 atom stereocenters. The second-order valence-electron chi connectivity index (χ2n) is 5.66. The lowest BCUT2D eigenvalue weighted by Crippen LogP contribution is -2.35. The van der Waals surface area contributed by atoms with Gasteiger partial charge in [-0.05, 0) is 11.5 Å². The van der Waals surface area contributed by atoms with Gasteiger partial charge in [-0.2, -0.15) is 0 Å². The Labute approximate surface area is 106 Å². The van der Waals surface area contributed by atoms with Crippen molar-refractivity contribution in [2.45, 2.75) is 33.2 Å². The number of aromatic amines is 1. The second kappa shape index (κ2) is 4.57. The highest BCUT2D eigenvalue weighted by molar-refractivity contribution is 5.75. The number of hydrogen-bond donors (Lipinski definition) is 3. The molecule has 5 nitrogen and oxygen atoms in total. The van der Waals surface area contributed by atoms with Crippen LogP contribution in [-0.4, -0.2) is 27.6 Å². The summed E-state index contributed by atoms with van der Waals surface area (Å²) >= 11 is 0. The highest BCUT2D eigenvalue weighted by atomic mass is 16.4. The smallest absolute Gasteiger partial charge is 0.327 e. The van der Waals surface area contributed by atoms with E-state index in [1.54, 1.807) is 0 Å². The van der Waals surface area contributed by atoms with Crippen LogP contribution >= 0.6 is 0 Å². The molecule has 1 aliphatic rings. The molecule has 0 saturated heterocycles. The Morgan fingerprint density at radius 1 is 1.50 bits per heavy atom. The van der Waals surface area contributed by atoms with Crippen LogP contribution in [0.2, 0.25) is 0 Å². The number of allylic oxidation sites excluding steroid dienone is 1. The zero-order valence-electron chi connectivity index (χ0n) is 10.9. The quantitative estimate of drug-likeness (QED) is 0.746. The fraction of sp³-hybridized carbons (Fsp3) is 0.538. The number of H-pyrrole nitrogens is 1. The van der Waals surface area contributed by atoms with Gasteiger partial charge in [0.2, 0.25) is 0 Å². The number of hydrogen-bond acceptors (Lipinski definition) is 3. The number of carboxylic acid groups (broad SMARTS) is 1. The first-order valence-corrected chi connectivity index (χ1v) is 6.11. The molecule has 0 spiro atoms. The summed E-state index contributed by atoms with van der Waals surface area (Å²) in [5.41, 5.74) is 1.62. The SMILES string of the molecule is CC(C)(C)/C=C/c1nc2c([nH]1)CCN[C@@H]2C(=O)O. The predicted molar refractivity (Wildman–Crippen MR) is 69.2 cm³/mol. The lowest BCUT2D eigenvalue weighted by molar-refractivity contribution is -0.139. The van der Waals surface area contributed by atoms with Crippen molar-refractivity contribution in [3.63, 3.8) is 0 Å². The maximum absolute atomic E-state index is 11.1. The van der Waals surface area contributed by atoms with Crippen LogP contribution in [0.3, 0.4) is 0 Å². The molecule has 5 heteroatoms. The molecule has 18 heavy (non-hydrogen) atoms. The van der Waals surface area contributed by atoms with Gasteiger partial charge in [-0.15, -0.1) is 0 Å². The molecule has 2 heterocycles. The summed E-state index contributed by atoms with van der Waals surface area (Å²) < 4.78 is 0. The third kappa shape index (κ3) is 2.79. The molecule has 0 unspecified atom stereocenters. The summed E-state index contributed by atoms with van der Waals surface area (Å²) in [6.07, 6.45) is 4.76. The molecule has 0 bridgehead atoms. The minimum Gasteiger partial charge on any atom is -0.480 e. The predicted octanol–water partition coefficient (Wildman–Crippen LogP) is 1.74. The van der Waals surface area contributed by atoms with Crippen molar-refractivity contribution in [2.75, 3.05) is 6.54 Å². The van der Waals surface area contributed by atoms with Crippen molar-refractivity contribution < 1.29 is 9.90 Å². The van der Waals surface area contributed by atoms with Gasteiger partial charge in [-0.25, -0.2) is 4.98 Å². The summed E-state index contributed by atoms with van der Waals surface area (Å²) in [5.74, 6) is -0.154. The van der Waals surface area contributed by atoms with E-state index in [0.29, 0.717) is 12.2 Å². The molecule has 2 rings (SSSR count). The topological polar surface area (TPSA) is 78.0 Å². The molecular formula is C13H19N3O2. The second-order valence-corrected chi connectivity index (χ2v) is 5.66. The summed E-state index contributed by atoms with van der Waals surface area (Å²) in [5, 5.41) is 12.1. The standard InChI is InChI=1S/C13H19N3O2/c1-13(2,3)6-4-9-15-8-5-7-14-11(12(17)18)10(8)16-9/h4,6,11,14H,5,7H2,1-3H3,(H,15,16)(H,17,18)/b6-4+/t11-/m0/s1. The Morgan fingerprint density at radius 3 is 2.83 bits per heavy atom. The number of imidazole rings is 1. The summed E-state index contributed by atoms with van der Waals surface area (Å²) in [4.78, 5) is 18.7. The molecule has 3 N–H and O–H groups in total. The number of carbonyl (C=O) groups is 1. The van der Waals surface area contributed by atoms with Crippen molar-refractivity contribution in [3.8, 4) is 0 Å². The Bertz CT molecular complexity index is 483. The molecule has 1 aliphatic heterocycles. The van der Waals surface area contributed by atoms with E-state index in [9.17, 15) is 4.79 Å². The van der Waals surface area contributed by atoms with E-state index < -0.39 is 12.0 Å². The Hall–Kier alpha value is -1.62. The van der Waals surface area contributed by atoms with E-state index in [2.05, 4.69) is 42.1 Å². The molecule has 0 aliphatic carbocycles. The van der Waals surface area contributed by atoms with E-state index in [0.717, 1.165) is 17.9 Å². The highest BCUT2D eigenvalue weighted by Crippen LogP contribution is 2.22. The van der Waals surface area contributed by atoms with Crippen LogP contribution in [0.4, 0.5) is 0 Å². The first kappa shape index (κ1) is 12.8. The molecule has 0 fully saturated rings. The molecule has 1 aromatic heterocycles. The molecule has 0 radical (unpaired) electrons. The van der Waals surface area contributed by atoms with Gasteiger partial charge in [0.05, 0.1) is 5.69 Å². The van der Waals surface area contributed by atoms with Crippen molar-refractivity contribution >= 4 is 12.0 Å². The highest BCUT2D eigenvalue weighted by Gasteiger charge is 2.28. The van der Waals surface area contributed by atoms with Gasteiger partial charge in [-0.1, -0.05) is 26.8 Å². The fourth-order valence-corrected chi connectivity index (χ4v) is 1.92. The Morgan fingerprint density at radius 2 is 2.22 bits per heavy atom. The van der Waals surface area contributed by atoms with E-state index >= 15 is 0 Å².